The van der Waals surface area contributed by atoms with Gasteiger partial charge in [-0.3, -0.25) is 0 Å². The number of nitrogens with one attached hydrogen (secondary N) is 1. The number of hydrogen-bond acceptors (Lipinski definition) is 4. The minimum Gasteiger partial charge on any atom is -0.481 e. The summed E-state index contributed by atoms with van der Waals surface area (Å²) in [5, 5.41) is 8.15. The number of nitrogens with zero attached hydrogens (tertiary/aromatic N) is 3. The normalized spacial score (nSPS) is 10.4. The summed E-state index contributed by atoms with van der Waals surface area (Å²) < 4.78 is 7.05. The van der Waals surface area contributed by atoms with Crippen molar-refractivity contribution in [2.24, 2.45) is 7.05 Å². The van der Waals surface area contributed by atoms with E-state index in [0.29, 0.717) is 11.6 Å². The first kappa shape index (κ1) is 12.7. The van der Waals surface area contributed by atoms with Gasteiger partial charge in [0, 0.05) is 19.8 Å². The zero-order chi connectivity index (χ0) is 13.1. The van der Waals surface area contributed by atoms with E-state index < -0.39 is 0 Å². The minimum atomic E-state index is 0.609. The highest BCUT2D eigenvalue weighted by molar-refractivity contribution is 6.30. The Morgan fingerprint density at radius 3 is 2.83 bits per heavy atom. The van der Waals surface area contributed by atoms with Crippen LogP contribution in [0.1, 0.15) is 11.3 Å². The van der Waals surface area contributed by atoms with Crippen molar-refractivity contribution in [3.8, 4) is 5.88 Å². The molecule has 0 atom stereocenters. The molecular weight excluding hydrogens is 252 g/mol. The number of aromatic nitrogens is 3. The van der Waals surface area contributed by atoms with Gasteiger partial charge in [-0.05, 0) is 19.1 Å². The molecule has 0 aromatic carbocycles. The van der Waals surface area contributed by atoms with Crippen molar-refractivity contribution in [2.75, 3.05) is 12.4 Å². The molecular formula is C12H15ClN4O. The molecule has 1 N–H and O–H groups in total. The van der Waals surface area contributed by atoms with E-state index in [1.807, 2.05) is 20.0 Å². The molecule has 5 nitrogen and oxygen atoms in total. The van der Waals surface area contributed by atoms with Gasteiger partial charge in [0.1, 0.15) is 5.82 Å². The maximum Gasteiger partial charge on any atom is 0.216 e. The Bertz CT molecular complexity index is 536. The summed E-state index contributed by atoms with van der Waals surface area (Å²) in [6, 6.07) is 3.63. The second-order valence-electron chi connectivity index (χ2n) is 3.91. The first-order valence-electron chi connectivity index (χ1n) is 5.53. The van der Waals surface area contributed by atoms with Crippen LogP contribution < -0.4 is 10.1 Å². The van der Waals surface area contributed by atoms with Gasteiger partial charge in [-0.1, -0.05) is 11.6 Å². The van der Waals surface area contributed by atoms with Crippen LogP contribution in [-0.2, 0) is 13.6 Å². The molecule has 2 aromatic rings. The van der Waals surface area contributed by atoms with Crippen LogP contribution in [0.25, 0.3) is 0 Å². The van der Waals surface area contributed by atoms with Crippen molar-refractivity contribution in [1.29, 1.82) is 0 Å². The SMILES string of the molecule is COc1c(CNc2ccc(Cl)cn2)c(C)nn1C. The fraction of sp³-hybridized carbons (Fsp3) is 0.333. The van der Waals surface area contributed by atoms with Crippen LogP contribution in [0.3, 0.4) is 0 Å². The van der Waals surface area contributed by atoms with Crippen molar-refractivity contribution in [3.05, 3.63) is 34.6 Å². The summed E-state index contributed by atoms with van der Waals surface area (Å²) >= 11 is 5.78. The number of anilines is 1. The zero-order valence-electron chi connectivity index (χ0n) is 10.6. The molecule has 96 valence electrons. The molecule has 0 saturated heterocycles. The Labute approximate surface area is 111 Å². The molecule has 0 aliphatic carbocycles. The van der Waals surface area contributed by atoms with Crippen molar-refractivity contribution >= 4 is 17.4 Å². The lowest BCUT2D eigenvalue weighted by molar-refractivity contribution is 0.370. The summed E-state index contributed by atoms with van der Waals surface area (Å²) in [5.41, 5.74) is 1.97. The van der Waals surface area contributed by atoms with Crippen LogP contribution >= 0.6 is 11.6 Å². The van der Waals surface area contributed by atoms with Crippen molar-refractivity contribution in [3.63, 3.8) is 0 Å². The Morgan fingerprint density at radius 1 is 1.44 bits per heavy atom. The van der Waals surface area contributed by atoms with Crippen LogP contribution in [0, 0.1) is 6.92 Å². The number of aryl methyl sites for hydroxylation is 2. The summed E-state index contributed by atoms with van der Waals surface area (Å²) in [6.45, 7) is 2.56. The van der Waals surface area contributed by atoms with Crippen LogP contribution in [0.2, 0.25) is 5.02 Å². The number of ether oxygens (including phenoxy) is 1. The predicted molar refractivity (Wildman–Crippen MR) is 71.1 cm³/mol. The molecule has 2 heterocycles. The lowest BCUT2D eigenvalue weighted by Crippen LogP contribution is -2.04. The Hall–Kier alpha value is -1.75. The third-order valence-corrected chi connectivity index (χ3v) is 2.88. The summed E-state index contributed by atoms with van der Waals surface area (Å²) in [4.78, 5) is 4.17. The molecule has 0 amide bonds. The number of methoxy groups -OCH3 is 1. The lowest BCUT2D eigenvalue weighted by Gasteiger charge is -2.07. The van der Waals surface area contributed by atoms with E-state index in [4.69, 9.17) is 16.3 Å². The molecule has 0 bridgehead atoms. The smallest absolute Gasteiger partial charge is 0.216 e. The Kier molecular flexibility index (Phi) is 3.72. The molecule has 0 aliphatic rings. The number of halogens is 1. The lowest BCUT2D eigenvalue weighted by atomic mass is 10.2. The molecule has 0 aliphatic heterocycles. The van der Waals surface area contributed by atoms with E-state index in [9.17, 15) is 0 Å². The standard InChI is InChI=1S/C12H15ClN4O/c1-8-10(12(18-3)17(2)16-8)7-15-11-5-4-9(13)6-14-11/h4-6H,7H2,1-3H3,(H,14,15). The van der Waals surface area contributed by atoms with Gasteiger partial charge in [0.25, 0.3) is 0 Å². The third kappa shape index (κ3) is 2.56. The summed E-state index contributed by atoms with van der Waals surface area (Å²) in [5.74, 6) is 1.53. The second-order valence-corrected chi connectivity index (χ2v) is 4.35. The molecule has 0 saturated carbocycles. The van der Waals surface area contributed by atoms with Gasteiger partial charge in [-0.25, -0.2) is 9.67 Å². The van der Waals surface area contributed by atoms with Crippen molar-refractivity contribution < 1.29 is 4.74 Å². The van der Waals surface area contributed by atoms with Crippen LogP contribution in [-0.4, -0.2) is 21.9 Å². The average molecular weight is 267 g/mol. The third-order valence-electron chi connectivity index (χ3n) is 2.66. The highest BCUT2D eigenvalue weighted by atomic mass is 35.5. The van der Waals surface area contributed by atoms with Gasteiger partial charge >= 0.3 is 0 Å². The van der Waals surface area contributed by atoms with E-state index in [2.05, 4.69) is 15.4 Å². The molecule has 6 heteroatoms. The topological polar surface area (TPSA) is 52.0 Å². The predicted octanol–water partition coefficient (Wildman–Crippen LogP) is 2.40. The van der Waals surface area contributed by atoms with E-state index in [-0.39, 0.29) is 0 Å². The fourth-order valence-electron chi connectivity index (χ4n) is 1.80. The van der Waals surface area contributed by atoms with Crippen molar-refractivity contribution in [2.45, 2.75) is 13.5 Å². The van der Waals surface area contributed by atoms with Gasteiger partial charge in [-0.2, -0.15) is 5.10 Å². The van der Waals surface area contributed by atoms with Gasteiger partial charge in [0.15, 0.2) is 0 Å². The van der Waals surface area contributed by atoms with Gasteiger partial charge in [0.05, 0.1) is 23.4 Å². The second kappa shape index (κ2) is 5.27. The Morgan fingerprint density at radius 2 is 2.22 bits per heavy atom. The van der Waals surface area contributed by atoms with E-state index in [0.717, 1.165) is 23.0 Å². The molecule has 2 rings (SSSR count). The van der Waals surface area contributed by atoms with Gasteiger partial charge < -0.3 is 10.1 Å². The first-order valence-corrected chi connectivity index (χ1v) is 5.91. The molecule has 2 aromatic heterocycles. The zero-order valence-corrected chi connectivity index (χ0v) is 11.3. The monoisotopic (exact) mass is 266 g/mol. The molecule has 0 fully saturated rings. The summed E-state index contributed by atoms with van der Waals surface area (Å²) in [6.07, 6.45) is 1.61. The minimum absolute atomic E-state index is 0.609. The van der Waals surface area contributed by atoms with Crippen LogP contribution in [0.15, 0.2) is 18.3 Å². The molecule has 18 heavy (non-hydrogen) atoms. The average Bonchev–Trinajstić information content (AvgIpc) is 2.62. The number of rotatable bonds is 4. The highest BCUT2D eigenvalue weighted by Crippen LogP contribution is 2.22. The fourth-order valence-corrected chi connectivity index (χ4v) is 1.91. The molecule has 0 radical (unpaired) electrons. The molecule has 0 spiro atoms. The van der Waals surface area contributed by atoms with E-state index in [1.165, 1.54) is 0 Å². The number of pyridine rings is 1. The van der Waals surface area contributed by atoms with Gasteiger partial charge in [-0.15, -0.1) is 0 Å². The summed E-state index contributed by atoms with van der Waals surface area (Å²) in [7, 11) is 3.50. The van der Waals surface area contributed by atoms with Crippen molar-refractivity contribution in [1.82, 2.24) is 14.8 Å². The quantitative estimate of drug-likeness (QED) is 0.923. The van der Waals surface area contributed by atoms with Crippen LogP contribution in [0.4, 0.5) is 5.82 Å². The maximum atomic E-state index is 5.78. The molecule has 0 unspecified atom stereocenters. The van der Waals surface area contributed by atoms with E-state index in [1.54, 1.807) is 24.1 Å². The first-order chi connectivity index (χ1) is 8.61. The van der Waals surface area contributed by atoms with Gasteiger partial charge in [0.2, 0.25) is 5.88 Å². The van der Waals surface area contributed by atoms with Crippen LogP contribution in [0.5, 0.6) is 5.88 Å². The largest absolute Gasteiger partial charge is 0.481 e. The highest BCUT2D eigenvalue weighted by Gasteiger charge is 2.13. The Balaban J connectivity index is 2.12. The number of hydrogen-bond donors (Lipinski definition) is 1. The maximum absolute atomic E-state index is 5.78. The van der Waals surface area contributed by atoms with E-state index >= 15 is 0 Å².